The van der Waals surface area contributed by atoms with Gasteiger partial charge in [0, 0.05) is 25.3 Å². The van der Waals surface area contributed by atoms with Gasteiger partial charge in [-0.2, -0.15) is 0 Å². The number of piperidine rings is 1. The second-order valence-electron chi connectivity index (χ2n) is 9.43. The Morgan fingerprint density at radius 2 is 1.73 bits per heavy atom. The van der Waals surface area contributed by atoms with Crippen LogP contribution < -0.4 is 9.62 Å². The van der Waals surface area contributed by atoms with Crippen molar-refractivity contribution in [2.45, 2.75) is 44.4 Å². The summed E-state index contributed by atoms with van der Waals surface area (Å²) in [6.45, 7) is 8.71. The van der Waals surface area contributed by atoms with Crippen LogP contribution in [0.1, 0.15) is 47.2 Å². The molecule has 0 saturated carbocycles. The quantitative estimate of drug-likeness (QED) is 0.632. The zero-order chi connectivity index (χ0) is 23.6. The minimum absolute atomic E-state index is 0.123. The van der Waals surface area contributed by atoms with E-state index in [9.17, 15) is 18.3 Å². The van der Waals surface area contributed by atoms with Crippen molar-refractivity contribution in [3.63, 3.8) is 0 Å². The molecule has 4 rings (SSSR count). The molecule has 0 aliphatic carbocycles. The highest BCUT2D eigenvalue weighted by molar-refractivity contribution is 7.92. The minimum atomic E-state index is -3.82. The van der Waals surface area contributed by atoms with Gasteiger partial charge in [-0.3, -0.25) is 4.72 Å². The van der Waals surface area contributed by atoms with E-state index in [-0.39, 0.29) is 16.1 Å². The highest BCUT2D eigenvalue weighted by atomic mass is 32.2. The molecule has 0 unspecified atom stereocenters. The van der Waals surface area contributed by atoms with Gasteiger partial charge >= 0.3 is 5.97 Å². The van der Waals surface area contributed by atoms with Crippen LogP contribution in [-0.2, 0) is 10.0 Å². The van der Waals surface area contributed by atoms with Gasteiger partial charge in [-0.05, 0) is 100.0 Å². The Balaban J connectivity index is 1.54. The lowest BCUT2D eigenvalue weighted by Gasteiger charge is -2.36. The summed E-state index contributed by atoms with van der Waals surface area (Å²) >= 11 is 0. The predicted octanol–water partition coefficient (Wildman–Crippen LogP) is 4.11. The van der Waals surface area contributed by atoms with Crippen LogP contribution in [0.25, 0.3) is 0 Å². The van der Waals surface area contributed by atoms with Crippen molar-refractivity contribution in [3.8, 4) is 0 Å². The first-order valence-corrected chi connectivity index (χ1v) is 13.2. The number of nitrogens with zero attached hydrogens (tertiary/aromatic N) is 2. The van der Waals surface area contributed by atoms with Crippen molar-refractivity contribution in [1.82, 2.24) is 4.90 Å². The fraction of sp³-hybridized carbons (Fsp3) is 0.480. The number of benzene rings is 2. The molecule has 0 aromatic heterocycles. The molecule has 0 bridgehead atoms. The van der Waals surface area contributed by atoms with Gasteiger partial charge in [-0.25, -0.2) is 13.2 Å². The molecule has 2 aliphatic heterocycles. The largest absolute Gasteiger partial charge is 0.478 e. The number of sulfonamides is 1. The van der Waals surface area contributed by atoms with Crippen LogP contribution in [0.3, 0.4) is 0 Å². The van der Waals surface area contributed by atoms with Crippen molar-refractivity contribution in [2.75, 3.05) is 42.3 Å². The van der Waals surface area contributed by atoms with Gasteiger partial charge in [0.05, 0.1) is 16.1 Å². The van der Waals surface area contributed by atoms with Crippen molar-refractivity contribution >= 4 is 27.4 Å². The van der Waals surface area contributed by atoms with E-state index >= 15 is 0 Å². The first kappa shape index (κ1) is 23.6. The summed E-state index contributed by atoms with van der Waals surface area (Å²) in [5.41, 5.74) is 2.73. The lowest BCUT2D eigenvalue weighted by molar-refractivity contribution is 0.0697. The van der Waals surface area contributed by atoms with Gasteiger partial charge in [0.15, 0.2) is 0 Å². The Morgan fingerprint density at radius 3 is 2.39 bits per heavy atom. The summed E-state index contributed by atoms with van der Waals surface area (Å²) < 4.78 is 28.4. The zero-order valence-corrected chi connectivity index (χ0v) is 20.2. The third-order valence-corrected chi connectivity index (χ3v) is 7.92. The van der Waals surface area contributed by atoms with Crippen LogP contribution in [0.15, 0.2) is 41.3 Å². The van der Waals surface area contributed by atoms with E-state index in [2.05, 4.69) is 14.5 Å². The fourth-order valence-corrected chi connectivity index (χ4v) is 6.35. The average molecular weight is 472 g/mol. The van der Waals surface area contributed by atoms with Gasteiger partial charge in [0.1, 0.15) is 0 Å². The monoisotopic (exact) mass is 471 g/mol. The number of nitrogens with one attached hydrogen (secondary N) is 1. The number of aryl methyl sites for hydroxylation is 2. The second-order valence-corrected chi connectivity index (χ2v) is 11.1. The maximum absolute atomic E-state index is 12.9. The van der Waals surface area contributed by atoms with Gasteiger partial charge < -0.3 is 14.9 Å². The number of hydrogen-bond donors (Lipinski definition) is 2. The molecule has 33 heavy (non-hydrogen) atoms. The van der Waals surface area contributed by atoms with Crippen molar-refractivity contribution in [3.05, 3.63) is 53.1 Å². The molecule has 7 nitrogen and oxygen atoms in total. The molecule has 2 N–H and O–H groups in total. The van der Waals surface area contributed by atoms with Crippen LogP contribution in [-0.4, -0.2) is 57.1 Å². The normalized spacial score (nSPS) is 19.6. The number of rotatable bonds is 7. The molecule has 0 amide bonds. The Labute approximate surface area is 196 Å². The molecule has 8 heteroatoms. The Morgan fingerprint density at radius 1 is 1.03 bits per heavy atom. The Hall–Kier alpha value is -2.58. The van der Waals surface area contributed by atoms with Crippen LogP contribution in [0.4, 0.5) is 11.4 Å². The fourth-order valence-electron chi connectivity index (χ4n) is 5.11. The third kappa shape index (κ3) is 5.68. The van der Waals surface area contributed by atoms with E-state index in [0.717, 1.165) is 56.7 Å². The first-order chi connectivity index (χ1) is 15.7. The molecule has 2 fully saturated rings. The number of carboxylic acid groups (broad SMARTS) is 1. The van der Waals surface area contributed by atoms with Crippen LogP contribution in [0, 0.1) is 19.8 Å². The van der Waals surface area contributed by atoms with Crippen LogP contribution in [0.5, 0.6) is 0 Å². The number of aromatic carboxylic acids is 1. The standard InChI is InChI=1S/C25H33N3O4S/c1-18-12-19(2)14-22(13-18)33(31,32)26-21-7-8-24(23(15-21)25(29)30)28-11-5-6-20(17-28)16-27-9-3-4-10-27/h7-8,12-15,20,26H,3-6,9-11,16-17H2,1-2H3,(H,29,30)/t20-/m0/s1. The van der Waals surface area contributed by atoms with E-state index in [1.165, 1.54) is 18.9 Å². The smallest absolute Gasteiger partial charge is 0.337 e. The van der Waals surface area contributed by atoms with E-state index < -0.39 is 16.0 Å². The first-order valence-electron chi connectivity index (χ1n) is 11.7. The lowest BCUT2D eigenvalue weighted by Crippen LogP contribution is -2.41. The molecule has 2 aliphatic rings. The van der Waals surface area contributed by atoms with E-state index in [0.29, 0.717) is 11.6 Å². The number of hydrogen-bond acceptors (Lipinski definition) is 5. The van der Waals surface area contributed by atoms with Gasteiger partial charge in [-0.15, -0.1) is 0 Å². The maximum atomic E-state index is 12.9. The molecule has 2 saturated heterocycles. The number of carboxylic acids is 1. The third-order valence-electron chi connectivity index (χ3n) is 6.56. The predicted molar refractivity (Wildman–Crippen MR) is 131 cm³/mol. The second kappa shape index (κ2) is 9.73. The molecule has 178 valence electrons. The molecule has 2 heterocycles. The summed E-state index contributed by atoms with van der Waals surface area (Å²) in [5.74, 6) is -0.541. The number of carbonyl (C=O) groups is 1. The molecular weight excluding hydrogens is 438 g/mol. The topological polar surface area (TPSA) is 90.0 Å². The molecular formula is C25H33N3O4S. The van der Waals surface area contributed by atoms with E-state index in [1.54, 1.807) is 24.3 Å². The van der Waals surface area contributed by atoms with E-state index in [4.69, 9.17) is 0 Å². The average Bonchev–Trinajstić information content (AvgIpc) is 3.26. The van der Waals surface area contributed by atoms with Gasteiger partial charge in [0.25, 0.3) is 10.0 Å². The molecule has 2 aromatic rings. The summed E-state index contributed by atoms with van der Waals surface area (Å²) in [5, 5.41) is 9.89. The van der Waals surface area contributed by atoms with E-state index in [1.807, 2.05) is 19.9 Å². The lowest BCUT2D eigenvalue weighted by atomic mass is 9.96. The minimum Gasteiger partial charge on any atom is -0.478 e. The van der Waals surface area contributed by atoms with Crippen molar-refractivity contribution in [2.24, 2.45) is 5.92 Å². The van der Waals surface area contributed by atoms with Gasteiger partial charge in [-0.1, -0.05) is 6.07 Å². The summed E-state index contributed by atoms with van der Waals surface area (Å²) in [6, 6.07) is 9.95. The highest BCUT2D eigenvalue weighted by Crippen LogP contribution is 2.30. The maximum Gasteiger partial charge on any atom is 0.337 e. The van der Waals surface area contributed by atoms with Gasteiger partial charge in [0.2, 0.25) is 0 Å². The van der Waals surface area contributed by atoms with Crippen LogP contribution in [0.2, 0.25) is 0 Å². The van der Waals surface area contributed by atoms with Crippen LogP contribution >= 0.6 is 0 Å². The molecule has 0 radical (unpaired) electrons. The highest BCUT2D eigenvalue weighted by Gasteiger charge is 2.26. The number of anilines is 2. The van der Waals surface area contributed by atoms with Crippen molar-refractivity contribution < 1.29 is 18.3 Å². The summed E-state index contributed by atoms with van der Waals surface area (Å²) in [6.07, 6.45) is 4.71. The van der Waals surface area contributed by atoms with Crippen molar-refractivity contribution in [1.29, 1.82) is 0 Å². The molecule has 2 aromatic carbocycles. The molecule has 1 atom stereocenters. The summed E-state index contributed by atoms with van der Waals surface area (Å²) in [7, 11) is -3.82. The summed E-state index contributed by atoms with van der Waals surface area (Å²) in [4.78, 5) is 16.9. The number of likely N-dealkylation sites (tertiary alicyclic amines) is 1. The molecule has 0 spiro atoms. The Kier molecular flexibility index (Phi) is 6.95. The zero-order valence-electron chi connectivity index (χ0n) is 19.4. The SMILES string of the molecule is Cc1cc(C)cc(S(=O)(=O)Nc2ccc(N3CCC[C@@H](CN4CCCC4)C3)c(C(=O)O)c2)c1. The Bertz CT molecular complexity index is 1110.